The van der Waals surface area contributed by atoms with Gasteiger partial charge in [0.05, 0.1) is 13.5 Å². The fourth-order valence-electron chi connectivity index (χ4n) is 2.22. The third-order valence-corrected chi connectivity index (χ3v) is 4.52. The average molecular weight is 319 g/mol. The predicted octanol–water partition coefficient (Wildman–Crippen LogP) is 3.63. The number of ether oxygens (including phenoxy) is 1. The van der Waals surface area contributed by atoms with Gasteiger partial charge in [-0.05, 0) is 30.5 Å². The van der Waals surface area contributed by atoms with Gasteiger partial charge < -0.3 is 10.1 Å². The van der Waals surface area contributed by atoms with Crippen LogP contribution in [0.25, 0.3) is 0 Å². The normalized spacial score (nSPS) is 10.7. The van der Waals surface area contributed by atoms with E-state index in [1.165, 1.54) is 11.3 Å². The van der Waals surface area contributed by atoms with Gasteiger partial charge in [-0.1, -0.05) is 37.3 Å². The van der Waals surface area contributed by atoms with E-state index in [1.54, 1.807) is 7.11 Å². The smallest absolute Gasteiger partial charge is 0.230 e. The van der Waals surface area contributed by atoms with Crippen LogP contribution in [0.3, 0.4) is 0 Å². The van der Waals surface area contributed by atoms with Crippen LogP contribution in [0.15, 0.2) is 24.3 Å². The van der Waals surface area contributed by atoms with Crippen LogP contribution in [0, 0.1) is 0 Å². The number of anilines is 1. The minimum Gasteiger partial charge on any atom is -0.497 e. The fourth-order valence-corrected chi connectivity index (χ4v) is 3.25. The Labute approximate surface area is 134 Å². The number of aromatic nitrogens is 2. The highest BCUT2D eigenvalue weighted by Gasteiger charge is 2.14. The van der Waals surface area contributed by atoms with Crippen LogP contribution in [0.1, 0.15) is 43.2 Å². The summed E-state index contributed by atoms with van der Waals surface area (Å²) >= 11 is 1.46. The van der Waals surface area contributed by atoms with Crippen LogP contribution in [0.5, 0.6) is 5.75 Å². The molecule has 0 aliphatic heterocycles. The lowest BCUT2D eigenvalue weighted by atomic mass is 10.1. The minimum atomic E-state index is -0.0968. The Morgan fingerprint density at radius 1 is 1.32 bits per heavy atom. The highest BCUT2D eigenvalue weighted by Crippen LogP contribution is 2.28. The van der Waals surface area contributed by atoms with Crippen molar-refractivity contribution < 1.29 is 9.53 Å². The summed E-state index contributed by atoms with van der Waals surface area (Å²) in [6.45, 7) is 4.27. The van der Waals surface area contributed by atoms with Gasteiger partial charge in [0, 0.05) is 5.92 Å². The second-order valence-corrected chi connectivity index (χ2v) is 6.04. The van der Waals surface area contributed by atoms with E-state index in [0.717, 1.165) is 29.2 Å². The summed E-state index contributed by atoms with van der Waals surface area (Å²) in [5.74, 6) is 1.07. The number of nitrogens with zero attached hydrogens (tertiary/aromatic N) is 2. The van der Waals surface area contributed by atoms with Crippen LogP contribution >= 0.6 is 11.3 Å². The summed E-state index contributed by atoms with van der Waals surface area (Å²) in [6, 6.07) is 7.48. The molecule has 0 atom stereocenters. The van der Waals surface area contributed by atoms with Crippen molar-refractivity contribution in [1.82, 2.24) is 10.2 Å². The van der Waals surface area contributed by atoms with Gasteiger partial charge in [-0.15, -0.1) is 10.2 Å². The van der Waals surface area contributed by atoms with Crippen LogP contribution < -0.4 is 10.1 Å². The van der Waals surface area contributed by atoms with Crippen LogP contribution in [-0.4, -0.2) is 23.2 Å². The van der Waals surface area contributed by atoms with Crippen LogP contribution in [0.4, 0.5) is 5.13 Å². The van der Waals surface area contributed by atoms with Crippen molar-refractivity contribution in [3.05, 3.63) is 34.8 Å². The third kappa shape index (κ3) is 4.27. The number of nitrogens with one attached hydrogen (secondary N) is 1. The molecule has 2 rings (SSSR count). The van der Waals surface area contributed by atoms with Gasteiger partial charge in [0.2, 0.25) is 11.0 Å². The van der Waals surface area contributed by atoms with E-state index in [1.807, 2.05) is 24.3 Å². The van der Waals surface area contributed by atoms with E-state index < -0.39 is 0 Å². The van der Waals surface area contributed by atoms with Gasteiger partial charge >= 0.3 is 0 Å². The molecule has 5 nitrogen and oxygen atoms in total. The van der Waals surface area contributed by atoms with Crippen molar-refractivity contribution in [2.75, 3.05) is 12.4 Å². The molecule has 1 aromatic carbocycles. The molecule has 1 amide bonds. The zero-order valence-electron chi connectivity index (χ0n) is 13.1. The van der Waals surface area contributed by atoms with Gasteiger partial charge in [-0.3, -0.25) is 4.79 Å². The summed E-state index contributed by atoms with van der Waals surface area (Å²) in [5.41, 5.74) is 0.904. The Hall–Kier alpha value is -1.95. The third-order valence-electron chi connectivity index (χ3n) is 3.52. The molecule has 2 aromatic rings. The first kappa shape index (κ1) is 16.4. The summed E-state index contributed by atoms with van der Waals surface area (Å²) < 4.78 is 5.16. The SMILES string of the molecule is CCC(CC)c1nnc(NC(=O)Cc2cccc(OC)c2)s1. The maximum absolute atomic E-state index is 12.1. The number of rotatable bonds is 7. The molecule has 0 fully saturated rings. The molecule has 0 radical (unpaired) electrons. The molecule has 0 spiro atoms. The lowest BCUT2D eigenvalue weighted by Gasteiger charge is -2.06. The highest BCUT2D eigenvalue weighted by atomic mass is 32.1. The molecule has 118 valence electrons. The van der Waals surface area contributed by atoms with Gasteiger partial charge in [0.1, 0.15) is 10.8 Å². The largest absolute Gasteiger partial charge is 0.497 e. The maximum atomic E-state index is 12.1. The van der Waals surface area contributed by atoms with Gasteiger partial charge in [-0.2, -0.15) is 0 Å². The molecular formula is C16H21N3O2S. The number of benzene rings is 1. The first-order valence-corrected chi connectivity index (χ1v) is 8.24. The molecule has 0 aliphatic carbocycles. The topological polar surface area (TPSA) is 64.1 Å². The number of amides is 1. The van der Waals surface area contributed by atoms with Gasteiger partial charge in [-0.25, -0.2) is 0 Å². The van der Waals surface area contributed by atoms with Gasteiger partial charge in [0.15, 0.2) is 0 Å². The average Bonchev–Trinajstić information content (AvgIpc) is 2.97. The Morgan fingerprint density at radius 2 is 2.09 bits per heavy atom. The van der Waals surface area contributed by atoms with Crippen molar-refractivity contribution in [3.63, 3.8) is 0 Å². The number of methoxy groups -OCH3 is 1. The zero-order chi connectivity index (χ0) is 15.9. The van der Waals surface area contributed by atoms with Crippen molar-refractivity contribution in [1.29, 1.82) is 0 Å². The Morgan fingerprint density at radius 3 is 2.77 bits per heavy atom. The molecule has 0 unspecified atom stereocenters. The predicted molar refractivity (Wildman–Crippen MR) is 88.6 cm³/mol. The van der Waals surface area contributed by atoms with E-state index in [0.29, 0.717) is 11.0 Å². The lowest BCUT2D eigenvalue weighted by Crippen LogP contribution is -2.14. The van der Waals surface area contributed by atoms with Crippen molar-refractivity contribution >= 4 is 22.4 Å². The summed E-state index contributed by atoms with van der Waals surface area (Å²) in [5, 5.41) is 12.6. The monoisotopic (exact) mass is 319 g/mol. The fraction of sp³-hybridized carbons (Fsp3) is 0.438. The van der Waals surface area contributed by atoms with E-state index in [4.69, 9.17) is 4.74 Å². The van der Waals surface area contributed by atoms with Crippen molar-refractivity contribution in [2.45, 2.75) is 39.0 Å². The van der Waals surface area contributed by atoms with E-state index in [-0.39, 0.29) is 12.3 Å². The Kier molecular flexibility index (Phi) is 5.89. The van der Waals surface area contributed by atoms with Crippen LogP contribution in [-0.2, 0) is 11.2 Å². The zero-order valence-corrected chi connectivity index (χ0v) is 13.9. The first-order chi connectivity index (χ1) is 10.7. The molecule has 0 saturated heterocycles. The summed E-state index contributed by atoms with van der Waals surface area (Å²) in [4.78, 5) is 12.1. The molecule has 22 heavy (non-hydrogen) atoms. The standard InChI is InChI=1S/C16H21N3O2S/c1-4-12(5-2)15-18-19-16(22-15)17-14(20)10-11-7-6-8-13(9-11)21-3/h6-9,12H,4-5,10H2,1-3H3,(H,17,19,20). The first-order valence-electron chi connectivity index (χ1n) is 7.42. The molecule has 0 saturated carbocycles. The minimum absolute atomic E-state index is 0.0968. The Bertz CT molecular complexity index is 623. The highest BCUT2D eigenvalue weighted by molar-refractivity contribution is 7.15. The number of hydrogen-bond acceptors (Lipinski definition) is 5. The summed E-state index contributed by atoms with van der Waals surface area (Å²) in [7, 11) is 1.61. The number of hydrogen-bond donors (Lipinski definition) is 1. The quantitative estimate of drug-likeness (QED) is 0.846. The number of carbonyl (C=O) groups excluding carboxylic acids is 1. The van der Waals surface area contributed by atoms with E-state index in [2.05, 4.69) is 29.4 Å². The van der Waals surface area contributed by atoms with E-state index in [9.17, 15) is 4.79 Å². The van der Waals surface area contributed by atoms with Crippen LogP contribution in [0.2, 0.25) is 0 Å². The number of carbonyl (C=O) groups is 1. The molecule has 0 bridgehead atoms. The maximum Gasteiger partial charge on any atom is 0.230 e. The molecule has 1 N–H and O–H groups in total. The molecule has 1 heterocycles. The summed E-state index contributed by atoms with van der Waals surface area (Å²) in [6.07, 6.45) is 2.35. The second kappa shape index (κ2) is 7.89. The Balaban J connectivity index is 1.97. The van der Waals surface area contributed by atoms with Crippen molar-refractivity contribution in [3.8, 4) is 5.75 Å². The lowest BCUT2D eigenvalue weighted by molar-refractivity contribution is -0.115. The second-order valence-electron chi connectivity index (χ2n) is 5.04. The van der Waals surface area contributed by atoms with Crippen molar-refractivity contribution in [2.24, 2.45) is 0 Å². The molecular weight excluding hydrogens is 298 g/mol. The molecule has 6 heteroatoms. The molecule has 1 aromatic heterocycles. The van der Waals surface area contributed by atoms with E-state index >= 15 is 0 Å². The molecule has 0 aliphatic rings. The van der Waals surface area contributed by atoms with Gasteiger partial charge in [0.25, 0.3) is 0 Å².